The molecule has 0 amide bonds. The number of hydrogen-bond acceptors (Lipinski definition) is 4. The van der Waals surface area contributed by atoms with Crippen LogP contribution in [-0.2, 0) is 11.3 Å². The van der Waals surface area contributed by atoms with Gasteiger partial charge >= 0.3 is 0 Å². The maximum absolute atomic E-state index is 11.1. The molecule has 0 N–H and O–H groups in total. The van der Waals surface area contributed by atoms with E-state index in [-0.39, 0.29) is 0 Å². The van der Waals surface area contributed by atoms with Gasteiger partial charge in [-0.25, -0.2) is 0 Å². The van der Waals surface area contributed by atoms with Crippen molar-refractivity contribution < 1.29 is 9.53 Å². The molecule has 17 heavy (non-hydrogen) atoms. The van der Waals surface area contributed by atoms with E-state index in [1.165, 1.54) is 12.8 Å². The minimum absolute atomic E-state index is 0.701. The number of carbonyl (C=O) groups excluding carboxylic acids is 1. The second kappa shape index (κ2) is 4.49. The molecule has 2 heterocycles. The Bertz CT molecular complexity index is 406. The average molecular weight is 235 g/mol. The third-order valence-electron chi connectivity index (χ3n) is 3.35. The van der Waals surface area contributed by atoms with Crippen LogP contribution in [0, 0.1) is 5.92 Å². The number of aldehydes is 1. The molecule has 0 bridgehead atoms. The van der Waals surface area contributed by atoms with Crippen molar-refractivity contribution in [1.82, 2.24) is 9.78 Å². The van der Waals surface area contributed by atoms with Crippen LogP contribution in [0.2, 0.25) is 0 Å². The summed E-state index contributed by atoms with van der Waals surface area (Å²) in [5.74, 6) is 1.59. The fourth-order valence-corrected chi connectivity index (χ4v) is 2.19. The van der Waals surface area contributed by atoms with Gasteiger partial charge in [0.05, 0.1) is 18.8 Å². The number of aromatic nitrogens is 2. The van der Waals surface area contributed by atoms with Crippen molar-refractivity contribution in [3.63, 3.8) is 0 Å². The molecule has 5 nitrogen and oxygen atoms in total. The van der Waals surface area contributed by atoms with Gasteiger partial charge in [0, 0.05) is 25.8 Å². The van der Waals surface area contributed by atoms with E-state index >= 15 is 0 Å². The molecular weight excluding hydrogens is 218 g/mol. The van der Waals surface area contributed by atoms with Gasteiger partial charge in [0.25, 0.3) is 0 Å². The number of rotatable bonds is 4. The predicted molar refractivity (Wildman–Crippen MR) is 63.4 cm³/mol. The van der Waals surface area contributed by atoms with Gasteiger partial charge in [0.2, 0.25) is 0 Å². The molecule has 1 aliphatic heterocycles. The van der Waals surface area contributed by atoms with Crippen molar-refractivity contribution in [2.75, 3.05) is 31.2 Å². The van der Waals surface area contributed by atoms with Gasteiger partial charge in [-0.05, 0) is 18.8 Å². The van der Waals surface area contributed by atoms with Gasteiger partial charge in [0.15, 0.2) is 12.1 Å². The first kappa shape index (κ1) is 10.8. The van der Waals surface area contributed by atoms with Crippen molar-refractivity contribution in [3.8, 4) is 0 Å². The summed E-state index contributed by atoms with van der Waals surface area (Å²) >= 11 is 0. The fourth-order valence-electron chi connectivity index (χ4n) is 2.19. The Hall–Kier alpha value is -1.36. The Balaban J connectivity index is 1.79. The molecule has 0 atom stereocenters. The highest BCUT2D eigenvalue weighted by Gasteiger charge is 2.24. The molecule has 2 aliphatic rings. The average Bonchev–Trinajstić information content (AvgIpc) is 3.08. The number of anilines is 1. The summed E-state index contributed by atoms with van der Waals surface area (Å²) in [6.45, 7) is 4.02. The van der Waals surface area contributed by atoms with Crippen LogP contribution in [0.15, 0.2) is 6.20 Å². The smallest absolute Gasteiger partial charge is 0.161 e. The van der Waals surface area contributed by atoms with Gasteiger partial charge in [-0.1, -0.05) is 0 Å². The zero-order valence-corrected chi connectivity index (χ0v) is 9.84. The van der Waals surface area contributed by atoms with Gasteiger partial charge in [0.1, 0.15) is 0 Å². The first-order valence-electron chi connectivity index (χ1n) is 6.22. The molecule has 0 spiro atoms. The van der Waals surface area contributed by atoms with Crippen molar-refractivity contribution in [2.45, 2.75) is 19.4 Å². The van der Waals surface area contributed by atoms with Crippen molar-refractivity contribution >= 4 is 12.1 Å². The number of ether oxygens (including phenoxy) is 1. The summed E-state index contributed by atoms with van der Waals surface area (Å²) < 4.78 is 7.23. The quantitative estimate of drug-likeness (QED) is 0.729. The molecule has 0 aromatic carbocycles. The Morgan fingerprint density at radius 3 is 2.82 bits per heavy atom. The van der Waals surface area contributed by atoms with Crippen LogP contribution in [0.3, 0.4) is 0 Å². The number of nitrogens with zero attached hydrogens (tertiary/aromatic N) is 3. The number of carbonyl (C=O) groups is 1. The molecule has 1 saturated heterocycles. The highest BCUT2D eigenvalue weighted by Crippen LogP contribution is 2.31. The molecule has 3 rings (SSSR count). The third kappa shape index (κ3) is 2.34. The molecule has 1 aromatic heterocycles. The molecule has 1 saturated carbocycles. The van der Waals surface area contributed by atoms with Gasteiger partial charge in [-0.15, -0.1) is 0 Å². The van der Waals surface area contributed by atoms with Crippen LogP contribution < -0.4 is 4.90 Å². The van der Waals surface area contributed by atoms with Gasteiger partial charge in [-0.3, -0.25) is 9.48 Å². The fraction of sp³-hybridized carbons (Fsp3) is 0.667. The summed E-state index contributed by atoms with van der Waals surface area (Å²) in [6, 6.07) is 0. The molecule has 1 aromatic rings. The number of hydrogen-bond donors (Lipinski definition) is 0. The van der Waals surface area contributed by atoms with Gasteiger partial charge in [-0.2, -0.15) is 5.10 Å². The lowest BCUT2D eigenvalue weighted by Gasteiger charge is -2.27. The van der Waals surface area contributed by atoms with Crippen LogP contribution in [0.1, 0.15) is 23.2 Å². The molecule has 0 radical (unpaired) electrons. The Morgan fingerprint density at radius 2 is 2.18 bits per heavy atom. The zero-order chi connectivity index (χ0) is 11.7. The molecule has 1 aliphatic carbocycles. The monoisotopic (exact) mass is 235 g/mol. The van der Waals surface area contributed by atoms with Crippen molar-refractivity contribution in [1.29, 1.82) is 0 Å². The van der Waals surface area contributed by atoms with Crippen LogP contribution in [0.4, 0.5) is 5.82 Å². The minimum atomic E-state index is 0.701. The standard InChI is InChI=1S/C12H17N3O2/c16-9-11-8-15(7-10-1-2-10)13-12(11)14-3-5-17-6-4-14/h8-10H,1-7H2. The predicted octanol–water partition coefficient (Wildman–Crippen LogP) is 0.942. The first-order valence-corrected chi connectivity index (χ1v) is 6.22. The van der Waals surface area contributed by atoms with E-state index in [0.29, 0.717) is 18.8 Å². The molecule has 5 heteroatoms. The van der Waals surface area contributed by atoms with E-state index in [4.69, 9.17) is 4.74 Å². The van der Waals surface area contributed by atoms with E-state index in [9.17, 15) is 4.79 Å². The van der Waals surface area contributed by atoms with Gasteiger partial charge < -0.3 is 9.64 Å². The second-order valence-corrected chi connectivity index (χ2v) is 4.79. The largest absolute Gasteiger partial charge is 0.378 e. The topological polar surface area (TPSA) is 47.4 Å². The minimum Gasteiger partial charge on any atom is -0.378 e. The Kier molecular flexibility index (Phi) is 2.84. The lowest BCUT2D eigenvalue weighted by molar-refractivity contribution is 0.111. The van der Waals surface area contributed by atoms with Crippen molar-refractivity contribution in [3.05, 3.63) is 11.8 Å². The normalized spacial score (nSPS) is 20.6. The van der Waals surface area contributed by atoms with Crippen LogP contribution in [0.25, 0.3) is 0 Å². The van der Waals surface area contributed by atoms with E-state index in [1.807, 2.05) is 10.9 Å². The Morgan fingerprint density at radius 1 is 1.41 bits per heavy atom. The van der Waals surface area contributed by atoms with Crippen LogP contribution in [0.5, 0.6) is 0 Å². The summed E-state index contributed by atoms with van der Waals surface area (Å²) in [5, 5.41) is 4.54. The van der Waals surface area contributed by atoms with E-state index in [2.05, 4.69) is 10.00 Å². The highest BCUT2D eigenvalue weighted by molar-refractivity contribution is 5.82. The van der Waals surface area contributed by atoms with Crippen LogP contribution >= 0.6 is 0 Å². The zero-order valence-electron chi connectivity index (χ0n) is 9.84. The summed E-state index contributed by atoms with van der Waals surface area (Å²) in [5.41, 5.74) is 0.701. The SMILES string of the molecule is O=Cc1cn(CC2CC2)nc1N1CCOCC1. The van der Waals surface area contributed by atoms with Crippen LogP contribution in [-0.4, -0.2) is 42.4 Å². The second-order valence-electron chi connectivity index (χ2n) is 4.79. The highest BCUT2D eigenvalue weighted by atomic mass is 16.5. The Labute approximate surface area is 100 Å². The lowest BCUT2D eigenvalue weighted by Crippen LogP contribution is -2.37. The lowest BCUT2D eigenvalue weighted by atomic mass is 10.3. The molecular formula is C12H17N3O2. The molecule has 2 fully saturated rings. The van der Waals surface area contributed by atoms with E-state index in [1.54, 1.807) is 0 Å². The third-order valence-corrected chi connectivity index (χ3v) is 3.35. The summed E-state index contributed by atoms with van der Waals surface area (Å²) in [4.78, 5) is 13.2. The van der Waals surface area contributed by atoms with E-state index < -0.39 is 0 Å². The number of morpholine rings is 1. The first-order chi connectivity index (χ1) is 8.36. The summed E-state index contributed by atoms with van der Waals surface area (Å²) in [7, 11) is 0. The maximum atomic E-state index is 11.1. The van der Waals surface area contributed by atoms with E-state index in [0.717, 1.165) is 37.7 Å². The maximum Gasteiger partial charge on any atom is 0.161 e. The van der Waals surface area contributed by atoms with Crippen molar-refractivity contribution in [2.24, 2.45) is 5.92 Å². The summed E-state index contributed by atoms with van der Waals surface area (Å²) in [6.07, 6.45) is 5.36. The molecule has 0 unspecified atom stereocenters. The molecule has 92 valence electrons.